The lowest BCUT2D eigenvalue weighted by atomic mass is 10.2. The summed E-state index contributed by atoms with van der Waals surface area (Å²) in [6, 6.07) is 3.00. The van der Waals surface area contributed by atoms with E-state index in [0.717, 1.165) is 0 Å². The number of rotatable bonds is 5. The van der Waals surface area contributed by atoms with Crippen LogP contribution in [-0.4, -0.2) is 18.7 Å². The molecule has 1 amide bonds. The van der Waals surface area contributed by atoms with E-state index in [9.17, 15) is 4.79 Å². The number of hydrogen-bond acceptors (Lipinski definition) is 3. The number of halogens is 2. The third kappa shape index (κ3) is 4.73. The first-order valence-corrected chi connectivity index (χ1v) is 6.66. The van der Waals surface area contributed by atoms with Crippen LogP contribution in [-0.2, 0) is 0 Å². The first kappa shape index (κ1) is 15.8. The molecule has 0 saturated heterocycles. The molecule has 0 saturated carbocycles. The number of nitrogens with zero attached hydrogens (tertiary/aromatic N) is 1. The summed E-state index contributed by atoms with van der Waals surface area (Å²) in [4.78, 5) is 11.8. The highest BCUT2D eigenvalue weighted by atomic mass is 35.5. The number of benzene rings is 1. The van der Waals surface area contributed by atoms with Gasteiger partial charge in [0.1, 0.15) is 0 Å². The van der Waals surface area contributed by atoms with Crippen LogP contribution in [0.5, 0.6) is 5.75 Å². The van der Waals surface area contributed by atoms with Crippen LogP contribution in [0.25, 0.3) is 0 Å². The average molecular weight is 303 g/mol. The number of ether oxygens (including phenoxy) is 1. The van der Waals surface area contributed by atoms with Crippen LogP contribution in [0.3, 0.4) is 0 Å². The lowest BCUT2D eigenvalue weighted by Gasteiger charge is -2.09. The number of carbonyl (C=O) groups is 1. The molecular weight excluding hydrogens is 287 g/mol. The number of hydrogen-bond donors (Lipinski definition) is 1. The van der Waals surface area contributed by atoms with Gasteiger partial charge in [0.25, 0.3) is 5.91 Å². The van der Waals surface area contributed by atoms with Crippen LogP contribution >= 0.6 is 23.2 Å². The summed E-state index contributed by atoms with van der Waals surface area (Å²) in [6.45, 7) is 6.19. The predicted molar refractivity (Wildman–Crippen MR) is 78.4 cm³/mol. The molecule has 1 aromatic rings. The summed E-state index contributed by atoms with van der Waals surface area (Å²) in [5.41, 5.74) is 2.74. The number of hydrazone groups is 1. The topological polar surface area (TPSA) is 50.7 Å². The van der Waals surface area contributed by atoms with Crippen molar-refractivity contribution in [3.05, 3.63) is 27.7 Å². The smallest absolute Gasteiger partial charge is 0.271 e. The molecule has 0 aliphatic carbocycles. The Morgan fingerprint density at radius 2 is 2.00 bits per heavy atom. The summed E-state index contributed by atoms with van der Waals surface area (Å²) in [7, 11) is 0. The average Bonchev–Trinajstić information content (AvgIpc) is 2.33. The summed E-state index contributed by atoms with van der Waals surface area (Å²) in [6.07, 6.45) is 1.63. The Bertz CT molecular complexity index is 465. The van der Waals surface area contributed by atoms with E-state index < -0.39 is 0 Å². The largest absolute Gasteiger partial charge is 0.491 e. The maximum atomic E-state index is 11.8. The summed E-state index contributed by atoms with van der Waals surface area (Å²) in [5, 5.41) is 4.42. The summed E-state index contributed by atoms with van der Waals surface area (Å²) < 4.78 is 5.29. The molecule has 1 aromatic carbocycles. The van der Waals surface area contributed by atoms with Gasteiger partial charge in [-0.3, -0.25) is 4.79 Å². The molecule has 0 spiro atoms. The lowest BCUT2D eigenvalue weighted by Crippen LogP contribution is -2.18. The molecule has 0 atom stereocenters. The van der Waals surface area contributed by atoms with Gasteiger partial charge in [-0.05, 0) is 25.0 Å². The van der Waals surface area contributed by atoms with Gasteiger partial charge < -0.3 is 4.74 Å². The molecule has 0 aromatic heterocycles. The van der Waals surface area contributed by atoms with E-state index >= 15 is 0 Å². The van der Waals surface area contributed by atoms with E-state index in [1.807, 2.05) is 20.8 Å². The molecule has 0 aliphatic heterocycles. The molecule has 0 bridgehead atoms. The van der Waals surface area contributed by atoms with E-state index in [0.29, 0.717) is 28.0 Å². The van der Waals surface area contributed by atoms with E-state index in [4.69, 9.17) is 27.9 Å². The van der Waals surface area contributed by atoms with Gasteiger partial charge in [0.05, 0.1) is 16.7 Å². The molecule has 104 valence electrons. The second kappa shape index (κ2) is 7.36. The fraction of sp³-hybridized carbons (Fsp3) is 0.385. The van der Waals surface area contributed by atoms with Crippen molar-refractivity contribution in [3.63, 3.8) is 0 Å². The van der Waals surface area contributed by atoms with Crippen molar-refractivity contribution in [1.82, 2.24) is 5.43 Å². The van der Waals surface area contributed by atoms with Crippen molar-refractivity contribution in [3.8, 4) is 5.75 Å². The highest BCUT2D eigenvalue weighted by molar-refractivity contribution is 6.37. The minimum Gasteiger partial charge on any atom is -0.491 e. The Morgan fingerprint density at radius 1 is 1.42 bits per heavy atom. The Labute approximate surface area is 122 Å². The highest BCUT2D eigenvalue weighted by Crippen LogP contribution is 2.34. The maximum absolute atomic E-state index is 11.8. The van der Waals surface area contributed by atoms with Gasteiger partial charge in [-0.1, -0.05) is 37.0 Å². The first-order chi connectivity index (χ1) is 8.95. The van der Waals surface area contributed by atoms with Crippen molar-refractivity contribution in [2.24, 2.45) is 11.0 Å². The number of amides is 1. The van der Waals surface area contributed by atoms with Crippen molar-refractivity contribution >= 4 is 35.3 Å². The molecule has 0 aliphatic rings. The third-order valence-corrected chi connectivity index (χ3v) is 2.65. The SMILES string of the molecule is CCOc1c(Cl)cc(C(=O)NN=CC(C)C)cc1Cl. The Morgan fingerprint density at radius 3 is 2.47 bits per heavy atom. The monoisotopic (exact) mass is 302 g/mol. The molecule has 1 N–H and O–H groups in total. The zero-order valence-electron chi connectivity index (χ0n) is 11.0. The molecule has 0 heterocycles. The molecule has 0 fully saturated rings. The molecule has 6 heteroatoms. The van der Waals surface area contributed by atoms with Crippen molar-refractivity contribution < 1.29 is 9.53 Å². The molecule has 0 radical (unpaired) electrons. The van der Waals surface area contributed by atoms with E-state index in [1.54, 1.807) is 6.21 Å². The Kier molecular flexibility index (Phi) is 6.12. The number of nitrogens with one attached hydrogen (secondary N) is 1. The van der Waals surface area contributed by atoms with Gasteiger partial charge >= 0.3 is 0 Å². The van der Waals surface area contributed by atoms with Crippen LogP contribution in [0, 0.1) is 5.92 Å². The van der Waals surface area contributed by atoms with Gasteiger partial charge in [-0.2, -0.15) is 5.10 Å². The van der Waals surface area contributed by atoms with Gasteiger partial charge in [-0.15, -0.1) is 0 Å². The maximum Gasteiger partial charge on any atom is 0.271 e. The normalized spacial score (nSPS) is 11.1. The second-order valence-electron chi connectivity index (χ2n) is 4.17. The molecule has 0 unspecified atom stereocenters. The van der Waals surface area contributed by atoms with Crippen molar-refractivity contribution in [1.29, 1.82) is 0 Å². The van der Waals surface area contributed by atoms with Crippen LogP contribution < -0.4 is 10.2 Å². The first-order valence-electron chi connectivity index (χ1n) is 5.91. The van der Waals surface area contributed by atoms with Gasteiger partial charge in [0.2, 0.25) is 0 Å². The van der Waals surface area contributed by atoms with Crippen LogP contribution in [0.2, 0.25) is 10.0 Å². The van der Waals surface area contributed by atoms with E-state index in [-0.39, 0.29) is 11.8 Å². The summed E-state index contributed by atoms with van der Waals surface area (Å²) >= 11 is 12.0. The minimum atomic E-state index is -0.372. The van der Waals surface area contributed by atoms with Crippen LogP contribution in [0.1, 0.15) is 31.1 Å². The Balaban J connectivity index is 2.87. The fourth-order valence-corrected chi connectivity index (χ4v) is 1.88. The van der Waals surface area contributed by atoms with Gasteiger partial charge in [0.15, 0.2) is 5.75 Å². The molecule has 4 nitrogen and oxygen atoms in total. The number of carbonyl (C=O) groups excluding carboxylic acids is 1. The van der Waals surface area contributed by atoms with E-state index in [1.165, 1.54) is 12.1 Å². The van der Waals surface area contributed by atoms with Crippen molar-refractivity contribution in [2.75, 3.05) is 6.61 Å². The van der Waals surface area contributed by atoms with E-state index in [2.05, 4.69) is 10.5 Å². The highest BCUT2D eigenvalue weighted by Gasteiger charge is 2.13. The predicted octanol–water partition coefficient (Wildman–Crippen LogP) is 3.76. The fourth-order valence-electron chi connectivity index (χ4n) is 1.28. The zero-order chi connectivity index (χ0) is 14.4. The zero-order valence-corrected chi connectivity index (χ0v) is 12.5. The minimum absolute atomic E-state index is 0.257. The molecule has 1 rings (SSSR count). The second-order valence-corrected chi connectivity index (χ2v) is 4.98. The standard InChI is InChI=1S/C13H16Cl2N2O2/c1-4-19-12-10(14)5-9(6-11(12)15)13(18)17-16-7-8(2)3/h5-8H,4H2,1-3H3,(H,17,18). The van der Waals surface area contributed by atoms with Gasteiger partial charge in [0, 0.05) is 11.8 Å². The van der Waals surface area contributed by atoms with Crippen molar-refractivity contribution in [2.45, 2.75) is 20.8 Å². The molecule has 19 heavy (non-hydrogen) atoms. The molecular formula is C13H16Cl2N2O2. The van der Waals surface area contributed by atoms with Crippen LogP contribution in [0.4, 0.5) is 0 Å². The lowest BCUT2D eigenvalue weighted by molar-refractivity contribution is 0.0955. The van der Waals surface area contributed by atoms with Crippen LogP contribution in [0.15, 0.2) is 17.2 Å². The Hall–Kier alpha value is -1.26. The quantitative estimate of drug-likeness (QED) is 0.665. The van der Waals surface area contributed by atoms with Gasteiger partial charge in [-0.25, -0.2) is 5.43 Å². The summed E-state index contributed by atoms with van der Waals surface area (Å²) in [5.74, 6) is 0.268. The third-order valence-electron chi connectivity index (χ3n) is 2.09.